The average Bonchev–Trinajstić information content (AvgIpc) is 2.29. The first-order valence-electron chi connectivity index (χ1n) is 5.55. The van der Waals surface area contributed by atoms with Gasteiger partial charge >= 0.3 is 5.97 Å². The average molecular weight is 266 g/mol. The minimum absolute atomic E-state index is 0.258. The molecule has 1 fully saturated rings. The van der Waals surface area contributed by atoms with Crippen molar-refractivity contribution < 1.29 is 23.1 Å². The molecule has 1 rings (SSSR count). The van der Waals surface area contributed by atoms with Gasteiger partial charge in [0.05, 0.1) is 13.2 Å². The van der Waals surface area contributed by atoms with Gasteiger partial charge in [0, 0.05) is 13.1 Å². The zero-order valence-electron chi connectivity index (χ0n) is 9.76. The molecule has 1 atom stereocenters. The van der Waals surface area contributed by atoms with Crippen LogP contribution in [0.15, 0.2) is 0 Å². The second kappa shape index (κ2) is 6.29. The minimum Gasteiger partial charge on any atom is -0.480 e. The number of hydrogen-bond donors (Lipinski definition) is 2. The van der Waals surface area contributed by atoms with Crippen LogP contribution in [0.1, 0.15) is 19.8 Å². The third-order valence-corrected chi connectivity index (χ3v) is 4.10. The Balaban J connectivity index is 2.65. The quantitative estimate of drug-likeness (QED) is 0.669. The molecule has 2 N–H and O–H groups in total. The second-order valence-electron chi connectivity index (χ2n) is 3.81. The number of nitrogens with one attached hydrogen (secondary N) is 1. The predicted molar refractivity (Wildman–Crippen MR) is 60.8 cm³/mol. The molecule has 1 unspecified atom stereocenters. The van der Waals surface area contributed by atoms with E-state index in [-0.39, 0.29) is 19.5 Å². The summed E-state index contributed by atoms with van der Waals surface area (Å²) >= 11 is 0. The van der Waals surface area contributed by atoms with Crippen LogP contribution in [0.5, 0.6) is 0 Å². The van der Waals surface area contributed by atoms with Gasteiger partial charge < -0.3 is 9.84 Å². The maximum absolute atomic E-state index is 11.9. The maximum Gasteiger partial charge on any atom is 0.321 e. The van der Waals surface area contributed by atoms with Gasteiger partial charge in [0.1, 0.15) is 6.04 Å². The summed E-state index contributed by atoms with van der Waals surface area (Å²) in [7, 11) is -3.73. The lowest BCUT2D eigenvalue weighted by Gasteiger charge is -2.27. The Kier molecular flexibility index (Phi) is 5.31. The van der Waals surface area contributed by atoms with Crippen LogP contribution in [-0.4, -0.2) is 56.1 Å². The van der Waals surface area contributed by atoms with E-state index in [0.717, 1.165) is 0 Å². The molecule has 1 heterocycles. The topological polar surface area (TPSA) is 95.9 Å². The van der Waals surface area contributed by atoms with Crippen LogP contribution in [0, 0.1) is 0 Å². The number of rotatable bonds is 6. The number of morpholine rings is 1. The van der Waals surface area contributed by atoms with Gasteiger partial charge in [-0.15, -0.1) is 0 Å². The van der Waals surface area contributed by atoms with Crippen molar-refractivity contribution in [1.29, 1.82) is 0 Å². The first-order chi connectivity index (χ1) is 7.97. The summed E-state index contributed by atoms with van der Waals surface area (Å²) in [6.45, 7) is 3.00. The Bertz CT molecular complexity index is 350. The molecule has 0 aromatic rings. The number of hydrogen-bond acceptors (Lipinski definition) is 4. The summed E-state index contributed by atoms with van der Waals surface area (Å²) < 4.78 is 32.2. The number of carbonyl (C=O) groups is 1. The Morgan fingerprint density at radius 1 is 1.47 bits per heavy atom. The third kappa shape index (κ3) is 4.23. The molecule has 0 aromatic carbocycles. The number of carboxylic acid groups (broad SMARTS) is 1. The third-order valence-electron chi connectivity index (χ3n) is 2.48. The fourth-order valence-electron chi connectivity index (χ4n) is 1.56. The van der Waals surface area contributed by atoms with Gasteiger partial charge in [-0.05, 0) is 6.42 Å². The number of nitrogens with zero attached hydrogens (tertiary/aromatic N) is 1. The lowest BCUT2D eigenvalue weighted by Crippen LogP contribution is -2.51. The van der Waals surface area contributed by atoms with Crippen molar-refractivity contribution in [2.45, 2.75) is 25.8 Å². The summed E-state index contributed by atoms with van der Waals surface area (Å²) in [6.07, 6.45) is 0.876. The smallest absolute Gasteiger partial charge is 0.321 e. The predicted octanol–water partition coefficient (Wildman–Crippen LogP) is -0.594. The standard InChI is InChI=1S/C9H18N2O5S/c1-2-3-8(9(12)13)10-17(14,15)11-4-6-16-7-5-11/h8,10H,2-7H2,1H3,(H,12,13). The molecule has 7 nitrogen and oxygen atoms in total. The van der Waals surface area contributed by atoms with Gasteiger partial charge in [-0.2, -0.15) is 17.4 Å². The summed E-state index contributed by atoms with van der Waals surface area (Å²) in [5.74, 6) is -1.15. The molecule has 0 saturated carbocycles. The van der Waals surface area contributed by atoms with Gasteiger partial charge in [-0.1, -0.05) is 13.3 Å². The lowest BCUT2D eigenvalue weighted by atomic mass is 10.2. The van der Waals surface area contributed by atoms with E-state index in [1.165, 1.54) is 4.31 Å². The van der Waals surface area contributed by atoms with Crippen molar-refractivity contribution in [2.24, 2.45) is 0 Å². The lowest BCUT2D eigenvalue weighted by molar-refractivity contribution is -0.139. The number of carboxylic acids is 1. The number of ether oxygens (including phenoxy) is 1. The Hall–Kier alpha value is -0.700. The van der Waals surface area contributed by atoms with E-state index in [2.05, 4.69) is 4.72 Å². The van der Waals surface area contributed by atoms with Gasteiger partial charge in [-0.25, -0.2) is 0 Å². The van der Waals surface area contributed by atoms with Crippen molar-refractivity contribution in [2.75, 3.05) is 26.3 Å². The van der Waals surface area contributed by atoms with Crippen LogP contribution in [-0.2, 0) is 19.7 Å². The van der Waals surface area contributed by atoms with Crippen LogP contribution in [0.3, 0.4) is 0 Å². The molecular formula is C9H18N2O5S. The van der Waals surface area contributed by atoms with Crippen molar-refractivity contribution in [3.8, 4) is 0 Å². The fraction of sp³-hybridized carbons (Fsp3) is 0.889. The van der Waals surface area contributed by atoms with Gasteiger partial charge in [0.15, 0.2) is 0 Å². The molecular weight excluding hydrogens is 248 g/mol. The molecule has 0 spiro atoms. The first-order valence-corrected chi connectivity index (χ1v) is 6.99. The van der Waals surface area contributed by atoms with E-state index >= 15 is 0 Å². The number of aliphatic carboxylic acids is 1. The van der Waals surface area contributed by atoms with E-state index in [0.29, 0.717) is 19.6 Å². The van der Waals surface area contributed by atoms with Crippen molar-refractivity contribution in [3.05, 3.63) is 0 Å². The van der Waals surface area contributed by atoms with E-state index in [1.54, 1.807) is 6.92 Å². The molecule has 17 heavy (non-hydrogen) atoms. The molecule has 0 aromatic heterocycles. The summed E-state index contributed by atoms with van der Waals surface area (Å²) in [4.78, 5) is 10.9. The SMILES string of the molecule is CCCC(NS(=O)(=O)N1CCOCC1)C(=O)O. The molecule has 0 radical (unpaired) electrons. The van der Waals surface area contributed by atoms with Crippen molar-refractivity contribution in [1.82, 2.24) is 9.03 Å². The van der Waals surface area contributed by atoms with Crippen LogP contribution >= 0.6 is 0 Å². The summed E-state index contributed by atoms with van der Waals surface area (Å²) in [6, 6.07) is -1.06. The Morgan fingerprint density at radius 2 is 2.06 bits per heavy atom. The fourth-order valence-corrected chi connectivity index (χ4v) is 2.92. The van der Waals surface area contributed by atoms with E-state index in [9.17, 15) is 13.2 Å². The Labute approximate surface area is 101 Å². The molecule has 1 aliphatic heterocycles. The summed E-state index contributed by atoms with van der Waals surface area (Å²) in [5.41, 5.74) is 0. The highest BCUT2D eigenvalue weighted by Gasteiger charge is 2.29. The highest BCUT2D eigenvalue weighted by molar-refractivity contribution is 7.87. The molecule has 1 aliphatic rings. The van der Waals surface area contributed by atoms with Crippen molar-refractivity contribution in [3.63, 3.8) is 0 Å². The highest BCUT2D eigenvalue weighted by Crippen LogP contribution is 2.06. The maximum atomic E-state index is 11.9. The van der Waals surface area contributed by atoms with E-state index < -0.39 is 22.2 Å². The van der Waals surface area contributed by atoms with Crippen LogP contribution in [0.4, 0.5) is 0 Å². The molecule has 100 valence electrons. The van der Waals surface area contributed by atoms with Gasteiger partial charge in [0.2, 0.25) is 0 Å². The first kappa shape index (κ1) is 14.4. The molecule has 1 saturated heterocycles. The van der Waals surface area contributed by atoms with E-state index in [1.807, 2.05) is 0 Å². The monoisotopic (exact) mass is 266 g/mol. The molecule has 0 bridgehead atoms. The normalized spacial score (nSPS) is 20.1. The van der Waals surface area contributed by atoms with E-state index in [4.69, 9.17) is 9.84 Å². The highest BCUT2D eigenvalue weighted by atomic mass is 32.2. The second-order valence-corrected chi connectivity index (χ2v) is 5.52. The van der Waals surface area contributed by atoms with Crippen LogP contribution < -0.4 is 4.72 Å². The largest absolute Gasteiger partial charge is 0.480 e. The van der Waals surface area contributed by atoms with Gasteiger partial charge in [0.25, 0.3) is 10.2 Å². The van der Waals surface area contributed by atoms with Crippen molar-refractivity contribution >= 4 is 16.2 Å². The molecule has 0 amide bonds. The van der Waals surface area contributed by atoms with Crippen LogP contribution in [0.25, 0.3) is 0 Å². The summed E-state index contributed by atoms with van der Waals surface area (Å²) in [5, 5.41) is 8.90. The van der Waals surface area contributed by atoms with Crippen LogP contribution in [0.2, 0.25) is 0 Å². The molecule has 8 heteroatoms. The minimum atomic E-state index is -3.73. The zero-order chi connectivity index (χ0) is 12.9. The zero-order valence-corrected chi connectivity index (χ0v) is 10.6. The molecule has 0 aliphatic carbocycles. The Morgan fingerprint density at radius 3 is 2.53 bits per heavy atom. The van der Waals surface area contributed by atoms with Gasteiger partial charge in [-0.3, -0.25) is 4.79 Å².